The molecule has 1 amide bonds. The SMILES string of the molecule is CC1(C)CC(=O)c2cc(NC(=O)/C=C\c3ccc4c(c3)OCCO4)ccc2O1. The highest BCUT2D eigenvalue weighted by molar-refractivity contribution is 6.04. The highest BCUT2D eigenvalue weighted by Gasteiger charge is 2.32. The topological polar surface area (TPSA) is 73.9 Å². The Bertz CT molecular complexity index is 977. The second-order valence-electron chi connectivity index (χ2n) is 7.40. The number of hydrogen-bond donors (Lipinski definition) is 1. The van der Waals surface area contributed by atoms with Crippen LogP contribution in [0.15, 0.2) is 42.5 Å². The lowest BCUT2D eigenvalue weighted by Gasteiger charge is -2.31. The predicted octanol–water partition coefficient (Wildman–Crippen LogP) is 3.85. The molecule has 6 heteroatoms. The molecule has 0 bridgehead atoms. The number of ketones is 1. The van der Waals surface area contributed by atoms with Gasteiger partial charge in [-0.1, -0.05) is 6.07 Å². The number of rotatable bonds is 3. The van der Waals surface area contributed by atoms with E-state index in [0.717, 1.165) is 5.56 Å². The van der Waals surface area contributed by atoms with Gasteiger partial charge >= 0.3 is 0 Å². The fourth-order valence-corrected chi connectivity index (χ4v) is 3.25. The van der Waals surface area contributed by atoms with Crippen LogP contribution in [0, 0.1) is 0 Å². The Kier molecular flexibility index (Phi) is 4.55. The molecule has 2 aliphatic rings. The summed E-state index contributed by atoms with van der Waals surface area (Å²) in [6.07, 6.45) is 3.44. The lowest BCUT2D eigenvalue weighted by atomic mass is 9.93. The van der Waals surface area contributed by atoms with Crippen LogP contribution < -0.4 is 19.5 Å². The first-order valence-corrected chi connectivity index (χ1v) is 9.15. The molecule has 0 saturated carbocycles. The average Bonchev–Trinajstić information content (AvgIpc) is 2.66. The standard InChI is InChI=1S/C22H21NO5/c1-22(2)13-17(24)16-12-15(5-7-18(16)28-22)23-21(25)8-4-14-3-6-19-20(11-14)27-10-9-26-19/h3-8,11-12H,9-10,13H2,1-2H3,(H,23,25)/b8-4-. The predicted molar refractivity (Wildman–Crippen MR) is 105 cm³/mol. The summed E-state index contributed by atoms with van der Waals surface area (Å²) in [5.74, 6) is 1.64. The fourth-order valence-electron chi connectivity index (χ4n) is 3.25. The Balaban J connectivity index is 1.45. The van der Waals surface area contributed by atoms with Gasteiger partial charge in [0.1, 0.15) is 24.6 Å². The van der Waals surface area contributed by atoms with Crippen LogP contribution in [0.2, 0.25) is 0 Å². The van der Waals surface area contributed by atoms with Crippen LogP contribution in [-0.4, -0.2) is 30.5 Å². The summed E-state index contributed by atoms with van der Waals surface area (Å²) in [5.41, 5.74) is 1.36. The third-order valence-electron chi connectivity index (χ3n) is 4.51. The van der Waals surface area contributed by atoms with E-state index in [2.05, 4.69) is 5.32 Å². The van der Waals surface area contributed by atoms with Gasteiger partial charge in [-0.15, -0.1) is 0 Å². The molecule has 0 spiro atoms. The molecule has 144 valence electrons. The second kappa shape index (κ2) is 7.03. The van der Waals surface area contributed by atoms with Crippen LogP contribution in [0.4, 0.5) is 5.69 Å². The van der Waals surface area contributed by atoms with E-state index in [1.54, 1.807) is 24.3 Å². The van der Waals surface area contributed by atoms with Gasteiger partial charge in [0.15, 0.2) is 17.3 Å². The van der Waals surface area contributed by atoms with Gasteiger partial charge in [0, 0.05) is 11.8 Å². The van der Waals surface area contributed by atoms with E-state index in [1.807, 2.05) is 32.0 Å². The zero-order valence-corrected chi connectivity index (χ0v) is 15.8. The van der Waals surface area contributed by atoms with E-state index >= 15 is 0 Å². The van der Waals surface area contributed by atoms with Crippen LogP contribution in [0.1, 0.15) is 36.2 Å². The molecule has 2 aromatic carbocycles. The molecule has 2 aromatic rings. The number of ether oxygens (including phenoxy) is 3. The molecule has 0 aromatic heterocycles. The molecule has 1 N–H and O–H groups in total. The third kappa shape index (κ3) is 3.86. The van der Waals surface area contributed by atoms with Crippen molar-refractivity contribution in [1.82, 2.24) is 0 Å². The largest absolute Gasteiger partial charge is 0.487 e. The molecule has 0 fully saturated rings. The summed E-state index contributed by atoms with van der Waals surface area (Å²) in [4.78, 5) is 24.6. The van der Waals surface area contributed by atoms with E-state index in [4.69, 9.17) is 14.2 Å². The number of fused-ring (bicyclic) bond motifs is 2. The quantitative estimate of drug-likeness (QED) is 0.820. The summed E-state index contributed by atoms with van der Waals surface area (Å²) in [7, 11) is 0. The van der Waals surface area contributed by atoms with Crippen molar-refractivity contribution in [3.63, 3.8) is 0 Å². The number of benzene rings is 2. The lowest BCUT2D eigenvalue weighted by Crippen LogP contribution is -2.35. The minimum atomic E-state index is -0.513. The second-order valence-corrected chi connectivity index (χ2v) is 7.40. The van der Waals surface area contributed by atoms with Crippen LogP contribution in [0.3, 0.4) is 0 Å². The molecule has 2 aliphatic heterocycles. The zero-order valence-electron chi connectivity index (χ0n) is 15.8. The summed E-state index contributed by atoms with van der Waals surface area (Å²) in [6, 6.07) is 10.6. The minimum Gasteiger partial charge on any atom is -0.487 e. The number of nitrogens with one attached hydrogen (secondary N) is 1. The number of hydrogen-bond acceptors (Lipinski definition) is 5. The Morgan fingerprint density at radius 3 is 2.61 bits per heavy atom. The molecule has 0 saturated heterocycles. The third-order valence-corrected chi connectivity index (χ3v) is 4.51. The smallest absolute Gasteiger partial charge is 0.248 e. The van der Waals surface area contributed by atoms with Crippen molar-refractivity contribution in [2.45, 2.75) is 25.9 Å². The first kappa shape index (κ1) is 18.1. The van der Waals surface area contributed by atoms with Crippen molar-refractivity contribution in [2.24, 2.45) is 0 Å². The number of Topliss-reactive ketones (excluding diaryl/α,β-unsaturated/α-hetero) is 1. The maximum Gasteiger partial charge on any atom is 0.248 e. The molecule has 4 rings (SSSR count). The van der Waals surface area contributed by atoms with E-state index < -0.39 is 5.60 Å². The van der Waals surface area contributed by atoms with Gasteiger partial charge in [-0.25, -0.2) is 0 Å². The molecular formula is C22H21NO5. The van der Waals surface area contributed by atoms with E-state index in [1.165, 1.54) is 6.08 Å². The molecule has 0 aliphatic carbocycles. The van der Waals surface area contributed by atoms with Crippen molar-refractivity contribution in [1.29, 1.82) is 0 Å². The van der Waals surface area contributed by atoms with Crippen molar-refractivity contribution in [3.8, 4) is 17.2 Å². The first-order chi connectivity index (χ1) is 13.4. The van der Waals surface area contributed by atoms with E-state index in [-0.39, 0.29) is 11.7 Å². The van der Waals surface area contributed by atoms with Crippen LogP contribution in [0.25, 0.3) is 6.08 Å². The van der Waals surface area contributed by atoms with Gasteiger partial charge in [-0.05, 0) is 55.8 Å². The maximum atomic E-state index is 12.3. The van der Waals surface area contributed by atoms with Crippen molar-refractivity contribution in [2.75, 3.05) is 18.5 Å². The van der Waals surface area contributed by atoms with Gasteiger partial charge in [-0.2, -0.15) is 0 Å². The molecule has 0 radical (unpaired) electrons. The summed E-state index contributed by atoms with van der Waals surface area (Å²) >= 11 is 0. The summed E-state index contributed by atoms with van der Waals surface area (Å²) < 4.78 is 16.9. The Morgan fingerprint density at radius 1 is 1.04 bits per heavy atom. The fraction of sp³-hybridized carbons (Fsp3) is 0.273. The normalized spacial score (nSPS) is 17.0. The zero-order chi connectivity index (χ0) is 19.7. The maximum absolute atomic E-state index is 12.3. The monoisotopic (exact) mass is 379 g/mol. The van der Waals surface area contributed by atoms with Gasteiger partial charge in [-0.3, -0.25) is 9.59 Å². The Hall–Kier alpha value is -3.28. The molecule has 0 atom stereocenters. The summed E-state index contributed by atoms with van der Waals surface area (Å²) in [6.45, 7) is 4.81. The van der Waals surface area contributed by atoms with Crippen molar-refractivity contribution < 1.29 is 23.8 Å². The number of anilines is 1. The average molecular weight is 379 g/mol. The Morgan fingerprint density at radius 2 is 1.79 bits per heavy atom. The van der Waals surface area contributed by atoms with Gasteiger partial charge in [0.05, 0.1) is 12.0 Å². The van der Waals surface area contributed by atoms with Crippen LogP contribution in [0.5, 0.6) is 17.2 Å². The van der Waals surface area contributed by atoms with Gasteiger partial charge < -0.3 is 19.5 Å². The Labute approximate surface area is 163 Å². The highest BCUT2D eigenvalue weighted by atomic mass is 16.6. The van der Waals surface area contributed by atoms with Gasteiger partial charge in [0.25, 0.3) is 0 Å². The van der Waals surface area contributed by atoms with Crippen LogP contribution in [-0.2, 0) is 4.79 Å². The van der Waals surface area contributed by atoms with Crippen molar-refractivity contribution >= 4 is 23.5 Å². The number of amides is 1. The summed E-state index contributed by atoms with van der Waals surface area (Å²) in [5, 5.41) is 2.78. The number of carbonyl (C=O) groups is 2. The lowest BCUT2D eigenvalue weighted by molar-refractivity contribution is -0.111. The highest BCUT2D eigenvalue weighted by Crippen LogP contribution is 2.34. The molecular weight excluding hydrogens is 358 g/mol. The van der Waals surface area contributed by atoms with Gasteiger partial charge in [0.2, 0.25) is 5.91 Å². The molecule has 2 heterocycles. The van der Waals surface area contributed by atoms with E-state index in [9.17, 15) is 9.59 Å². The first-order valence-electron chi connectivity index (χ1n) is 9.15. The minimum absolute atomic E-state index is 0.00849. The van der Waals surface area contributed by atoms with Crippen LogP contribution >= 0.6 is 0 Å². The molecule has 28 heavy (non-hydrogen) atoms. The molecule has 6 nitrogen and oxygen atoms in total. The van der Waals surface area contributed by atoms with Crippen molar-refractivity contribution in [3.05, 3.63) is 53.6 Å². The van der Waals surface area contributed by atoms with E-state index in [0.29, 0.717) is 48.1 Å². The molecule has 0 unspecified atom stereocenters. The number of carbonyl (C=O) groups excluding carboxylic acids is 2.